The predicted octanol–water partition coefficient (Wildman–Crippen LogP) is 4.41. The van der Waals surface area contributed by atoms with Crippen LogP contribution in [0.15, 0.2) is 71.8 Å². The zero-order chi connectivity index (χ0) is 20.6. The molecule has 2 heterocycles. The van der Waals surface area contributed by atoms with Crippen LogP contribution in [-0.4, -0.2) is 32.5 Å². The van der Waals surface area contributed by atoms with Gasteiger partial charge in [-0.05, 0) is 42.8 Å². The average Bonchev–Trinajstić information content (AvgIpc) is 3.12. The first kappa shape index (κ1) is 19.0. The number of H-pyrrole nitrogens is 1. The van der Waals surface area contributed by atoms with Gasteiger partial charge in [-0.2, -0.15) is 0 Å². The molecule has 0 aliphatic heterocycles. The number of rotatable bonds is 5. The molecule has 0 aliphatic carbocycles. The maximum atomic E-state index is 12.9. The first-order valence-electron chi connectivity index (χ1n) is 9.19. The second kappa shape index (κ2) is 7.25. The van der Waals surface area contributed by atoms with Crippen molar-refractivity contribution in [1.82, 2.24) is 9.97 Å². The molecule has 2 N–H and O–H groups in total. The van der Waals surface area contributed by atoms with Crippen LogP contribution < -0.4 is 9.62 Å². The first-order valence-corrected chi connectivity index (χ1v) is 10.7. The highest BCUT2D eigenvalue weighted by atomic mass is 32.2. The summed E-state index contributed by atoms with van der Waals surface area (Å²) in [5.41, 5.74) is 4.79. The molecule has 7 heteroatoms. The minimum atomic E-state index is -3.72. The van der Waals surface area contributed by atoms with E-state index in [2.05, 4.69) is 20.8 Å². The summed E-state index contributed by atoms with van der Waals surface area (Å²) >= 11 is 0. The van der Waals surface area contributed by atoms with E-state index in [1.165, 1.54) is 0 Å². The number of pyridine rings is 1. The maximum absolute atomic E-state index is 12.9. The van der Waals surface area contributed by atoms with E-state index in [1.54, 1.807) is 36.4 Å². The zero-order valence-corrected chi connectivity index (χ0v) is 17.3. The summed E-state index contributed by atoms with van der Waals surface area (Å²) in [5, 5.41) is 0.742. The van der Waals surface area contributed by atoms with Crippen LogP contribution in [0.3, 0.4) is 0 Å². The van der Waals surface area contributed by atoms with Gasteiger partial charge in [-0.3, -0.25) is 4.72 Å². The highest BCUT2D eigenvalue weighted by Crippen LogP contribution is 2.36. The lowest BCUT2D eigenvalue weighted by atomic mass is 10.0. The lowest BCUT2D eigenvalue weighted by Crippen LogP contribution is -2.13. The van der Waals surface area contributed by atoms with Crippen molar-refractivity contribution in [2.45, 2.75) is 11.8 Å². The normalized spacial score (nSPS) is 11.6. The highest BCUT2D eigenvalue weighted by molar-refractivity contribution is 7.92. The van der Waals surface area contributed by atoms with E-state index < -0.39 is 10.0 Å². The number of aromatic amines is 1. The number of hydrogen-bond acceptors (Lipinski definition) is 4. The molecule has 2 aromatic carbocycles. The molecule has 0 radical (unpaired) electrons. The van der Waals surface area contributed by atoms with Gasteiger partial charge in [0.2, 0.25) is 0 Å². The van der Waals surface area contributed by atoms with Gasteiger partial charge in [0.15, 0.2) is 0 Å². The molecular weight excluding hydrogens is 384 g/mol. The number of anilines is 2. The molecule has 0 fully saturated rings. The third-order valence-electron chi connectivity index (χ3n) is 4.74. The SMILES string of the molecule is Cc1cc(NS(=O)(=O)c2ccccc2)c2c(-c3cccc(N(C)C)c3)c[nH]c2n1. The Morgan fingerprint density at radius 1 is 1.00 bits per heavy atom. The minimum absolute atomic E-state index is 0.217. The number of fused-ring (bicyclic) bond motifs is 1. The summed E-state index contributed by atoms with van der Waals surface area (Å²) in [6.45, 7) is 1.84. The number of sulfonamides is 1. The smallest absolute Gasteiger partial charge is 0.261 e. The van der Waals surface area contributed by atoms with Gasteiger partial charge < -0.3 is 9.88 Å². The number of nitrogens with zero attached hydrogens (tertiary/aromatic N) is 2. The van der Waals surface area contributed by atoms with Crippen LogP contribution in [0.5, 0.6) is 0 Å². The van der Waals surface area contributed by atoms with Crippen molar-refractivity contribution in [3.8, 4) is 11.1 Å². The molecule has 0 spiro atoms. The molecule has 0 saturated heterocycles. The topological polar surface area (TPSA) is 78.1 Å². The minimum Gasteiger partial charge on any atom is -0.378 e. The summed E-state index contributed by atoms with van der Waals surface area (Å²) in [7, 11) is 0.250. The van der Waals surface area contributed by atoms with Gasteiger partial charge in [-0.25, -0.2) is 13.4 Å². The van der Waals surface area contributed by atoms with Gasteiger partial charge in [0.05, 0.1) is 16.0 Å². The fourth-order valence-corrected chi connectivity index (χ4v) is 4.41. The van der Waals surface area contributed by atoms with Crippen LogP contribution in [0, 0.1) is 6.92 Å². The average molecular weight is 407 g/mol. The van der Waals surface area contributed by atoms with E-state index >= 15 is 0 Å². The summed E-state index contributed by atoms with van der Waals surface area (Å²) in [5.74, 6) is 0. The van der Waals surface area contributed by atoms with Crippen molar-refractivity contribution in [3.05, 3.63) is 72.6 Å². The molecular formula is C22H22N4O2S. The summed E-state index contributed by atoms with van der Waals surface area (Å²) in [4.78, 5) is 9.97. The lowest BCUT2D eigenvalue weighted by Gasteiger charge is -2.14. The third kappa shape index (κ3) is 3.69. The van der Waals surface area contributed by atoms with Crippen molar-refractivity contribution in [2.75, 3.05) is 23.7 Å². The summed E-state index contributed by atoms with van der Waals surface area (Å²) < 4.78 is 28.6. The molecule has 0 aliphatic rings. The van der Waals surface area contributed by atoms with Crippen LogP contribution in [0.25, 0.3) is 22.2 Å². The quantitative estimate of drug-likeness (QED) is 0.515. The van der Waals surface area contributed by atoms with Crippen LogP contribution >= 0.6 is 0 Å². The van der Waals surface area contributed by atoms with E-state index in [0.717, 1.165) is 27.9 Å². The Morgan fingerprint density at radius 2 is 1.76 bits per heavy atom. The molecule has 0 amide bonds. The van der Waals surface area contributed by atoms with Crippen LogP contribution in [-0.2, 0) is 10.0 Å². The maximum Gasteiger partial charge on any atom is 0.261 e. The molecule has 0 saturated carbocycles. The van der Waals surface area contributed by atoms with Gasteiger partial charge >= 0.3 is 0 Å². The van der Waals surface area contributed by atoms with E-state index in [1.807, 2.05) is 50.3 Å². The molecule has 0 atom stereocenters. The van der Waals surface area contributed by atoms with Crippen molar-refractivity contribution in [1.29, 1.82) is 0 Å². The Kier molecular flexibility index (Phi) is 4.76. The number of benzene rings is 2. The second-order valence-electron chi connectivity index (χ2n) is 7.10. The largest absolute Gasteiger partial charge is 0.378 e. The standard InChI is InChI=1S/C22H22N4O2S/c1-15-12-20(25-29(27,28)18-10-5-4-6-11-18)21-19(14-23-22(21)24-15)16-8-7-9-17(13-16)26(2)3/h4-14H,1-3H3,(H2,23,24,25). The van der Waals surface area contributed by atoms with Gasteiger partial charge in [0, 0.05) is 37.2 Å². The molecule has 6 nitrogen and oxygen atoms in total. The van der Waals surface area contributed by atoms with E-state index in [9.17, 15) is 8.42 Å². The lowest BCUT2D eigenvalue weighted by molar-refractivity contribution is 0.601. The molecule has 0 bridgehead atoms. The van der Waals surface area contributed by atoms with Crippen LogP contribution in [0.1, 0.15) is 5.69 Å². The van der Waals surface area contributed by atoms with Gasteiger partial charge in [-0.1, -0.05) is 30.3 Å². The molecule has 4 rings (SSSR count). The van der Waals surface area contributed by atoms with Crippen molar-refractivity contribution < 1.29 is 8.42 Å². The third-order valence-corrected chi connectivity index (χ3v) is 6.12. The highest BCUT2D eigenvalue weighted by Gasteiger charge is 2.19. The van der Waals surface area contributed by atoms with Crippen LogP contribution in [0.4, 0.5) is 11.4 Å². The molecule has 29 heavy (non-hydrogen) atoms. The fraction of sp³-hybridized carbons (Fsp3) is 0.136. The van der Waals surface area contributed by atoms with Crippen molar-refractivity contribution in [2.24, 2.45) is 0 Å². The summed E-state index contributed by atoms with van der Waals surface area (Å²) in [6, 6.07) is 18.2. The zero-order valence-electron chi connectivity index (χ0n) is 16.5. The Labute approximate surface area is 170 Å². The second-order valence-corrected chi connectivity index (χ2v) is 8.78. The predicted molar refractivity (Wildman–Crippen MR) is 118 cm³/mol. The Morgan fingerprint density at radius 3 is 2.48 bits per heavy atom. The van der Waals surface area contributed by atoms with E-state index in [4.69, 9.17) is 0 Å². The number of hydrogen-bond donors (Lipinski definition) is 2. The van der Waals surface area contributed by atoms with E-state index in [0.29, 0.717) is 11.3 Å². The number of nitrogens with one attached hydrogen (secondary N) is 2. The molecule has 4 aromatic rings. The van der Waals surface area contributed by atoms with Gasteiger partial charge in [0.1, 0.15) is 5.65 Å². The Hall–Kier alpha value is -3.32. The molecule has 2 aromatic heterocycles. The van der Waals surface area contributed by atoms with E-state index in [-0.39, 0.29) is 4.90 Å². The van der Waals surface area contributed by atoms with Crippen LogP contribution in [0.2, 0.25) is 0 Å². The number of aromatic nitrogens is 2. The Bertz CT molecular complexity index is 1280. The first-order chi connectivity index (χ1) is 13.8. The monoisotopic (exact) mass is 406 g/mol. The fourth-order valence-electron chi connectivity index (χ4n) is 3.33. The number of aryl methyl sites for hydroxylation is 1. The summed E-state index contributed by atoms with van der Waals surface area (Å²) in [6.07, 6.45) is 1.87. The molecule has 0 unspecified atom stereocenters. The van der Waals surface area contributed by atoms with Crippen molar-refractivity contribution in [3.63, 3.8) is 0 Å². The van der Waals surface area contributed by atoms with Gasteiger partial charge in [0.25, 0.3) is 10.0 Å². The van der Waals surface area contributed by atoms with Gasteiger partial charge in [-0.15, -0.1) is 0 Å². The van der Waals surface area contributed by atoms with Crippen molar-refractivity contribution >= 4 is 32.4 Å². The molecule has 148 valence electrons. The Balaban J connectivity index is 1.87.